The largest absolute Gasteiger partial charge is 0.467 e. The fourth-order valence-electron chi connectivity index (χ4n) is 0.759. The lowest BCUT2D eigenvalue weighted by Crippen LogP contribution is -2.04. The van der Waals surface area contributed by atoms with Crippen LogP contribution in [0.15, 0.2) is 5.11 Å². The Balaban J connectivity index is 3.06. The van der Waals surface area contributed by atoms with E-state index < -0.39 is 0 Å². The highest BCUT2D eigenvalue weighted by Gasteiger charge is 2.03. The van der Waals surface area contributed by atoms with E-state index in [-0.39, 0.29) is 12.0 Å². The van der Waals surface area contributed by atoms with Crippen LogP contribution in [0, 0.1) is 0 Å². The molecular weight excluding hydrogens is 186 g/mol. The summed E-state index contributed by atoms with van der Waals surface area (Å²) in [5.74, 6) is 0.303. The highest BCUT2D eigenvalue weighted by molar-refractivity contribution is 5.31. The number of methoxy groups -OCH3 is 1. The third-order valence-corrected chi connectivity index (χ3v) is 1.25. The van der Waals surface area contributed by atoms with Gasteiger partial charge in [0.2, 0.25) is 11.9 Å². The average molecular weight is 195 g/mol. The van der Waals surface area contributed by atoms with Crippen molar-refractivity contribution in [1.82, 2.24) is 15.0 Å². The molecule has 1 N–H and O–H groups in total. The van der Waals surface area contributed by atoms with E-state index in [1.54, 1.807) is 0 Å². The van der Waals surface area contributed by atoms with Gasteiger partial charge in [-0.25, -0.2) is 0 Å². The summed E-state index contributed by atoms with van der Waals surface area (Å²) in [6, 6.07) is 0.110. The van der Waals surface area contributed by atoms with E-state index in [9.17, 15) is 0 Å². The summed E-state index contributed by atoms with van der Waals surface area (Å²) < 4.78 is 4.80. The molecule has 0 saturated heterocycles. The standard InChI is InChI=1S/C6H9N7O/c1-3-8-4-9-5(12-13-7)11-6(10-4)14-2/h3H2,1-2H3,(H,8,9,10,11). The van der Waals surface area contributed by atoms with Gasteiger partial charge >= 0.3 is 6.01 Å². The van der Waals surface area contributed by atoms with Crippen molar-refractivity contribution < 1.29 is 4.74 Å². The van der Waals surface area contributed by atoms with E-state index in [2.05, 4.69) is 30.3 Å². The molecule has 1 aromatic heterocycles. The SMILES string of the molecule is CCNc1nc(N=[N+]=[N-])nc(OC)n1. The molecule has 0 fully saturated rings. The molecule has 14 heavy (non-hydrogen) atoms. The fraction of sp³-hybridized carbons (Fsp3) is 0.500. The fourth-order valence-corrected chi connectivity index (χ4v) is 0.759. The van der Waals surface area contributed by atoms with Crippen molar-refractivity contribution in [2.45, 2.75) is 6.92 Å². The Labute approximate surface area is 80.0 Å². The average Bonchev–Trinajstić information content (AvgIpc) is 2.18. The third kappa shape index (κ3) is 2.46. The summed E-state index contributed by atoms with van der Waals surface area (Å²) >= 11 is 0. The number of hydrogen-bond donors (Lipinski definition) is 1. The smallest absolute Gasteiger partial charge is 0.321 e. The Morgan fingerprint density at radius 3 is 2.86 bits per heavy atom. The van der Waals surface area contributed by atoms with Crippen molar-refractivity contribution >= 4 is 11.9 Å². The van der Waals surface area contributed by atoms with Crippen molar-refractivity contribution in [2.75, 3.05) is 19.0 Å². The molecule has 0 aliphatic carbocycles. The first kappa shape index (κ1) is 10.0. The highest BCUT2D eigenvalue weighted by atomic mass is 16.5. The maximum absolute atomic E-state index is 8.20. The van der Waals surface area contributed by atoms with Crippen molar-refractivity contribution in [3.05, 3.63) is 10.4 Å². The number of anilines is 1. The normalized spacial score (nSPS) is 9.00. The van der Waals surface area contributed by atoms with Gasteiger partial charge in [-0.3, -0.25) is 0 Å². The van der Waals surface area contributed by atoms with Gasteiger partial charge in [0.15, 0.2) is 0 Å². The van der Waals surface area contributed by atoms with Crippen LogP contribution in [-0.2, 0) is 0 Å². The van der Waals surface area contributed by atoms with Gasteiger partial charge in [0.05, 0.1) is 7.11 Å². The van der Waals surface area contributed by atoms with Crippen LogP contribution in [-0.4, -0.2) is 28.6 Å². The topological polar surface area (TPSA) is 109 Å². The lowest BCUT2D eigenvalue weighted by Gasteiger charge is -2.03. The molecule has 8 heteroatoms. The van der Waals surface area contributed by atoms with Crippen molar-refractivity contribution in [3.63, 3.8) is 0 Å². The summed E-state index contributed by atoms with van der Waals surface area (Å²) in [6.07, 6.45) is 0. The molecule has 0 aliphatic rings. The van der Waals surface area contributed by atoms with E-state index in [0.717, 1.165) is 0 Å². The zero-order valence-corrected chi connectivity index (χ0v) is 7.80. The molecule has 0 atom stereocenters. The molecule has 1 heterocycles. The minimum absolute atomic E-state index is 0.0182. The zero-order valence-electron chi connectivity index (χ0n) is 7.80. The second-order valence-corrected chi connectivity index (χ2v) is 2.17. The minimum Gasteiger partial charge on any atom is -0.467 e. The molecular formula is C6H9N7O. The quantitative estimate of drug-likeness (QED) is 0.441. The van der Waals surface area contributed by atoms with E-state index in [1.807, 2.05) is 6.92 Å². The molecule has 0 spiro atoms. The van der Waals surface area contributed by atoms with E-state index >= 15 is 0 Å². The molecule has 0 radical (unpaired) electrons. The summed E-state index contributed by atoms with van der Waals surface area (Å²) in [7, 11) is 1.42. The van der Waals surface area contributed by atoms with E-state index in [1.165, 1.54) is 7.11 Å². The van der Waals surface area contributed by atoms with Gasteiger partial charge in [0, 0.05) is 11.5 Å². The number of aromatic nitrogens is 3. The number of nitrogens with one attached hydrogen (secondary N) is 1. The summed E-state index contributed by atoms with van der Waals surface area (Å²) in [6.45, 7) is 2.55. The van der Waals surface area contributed by atoms with E-state index in [0.29, 0.717) is 12.5 Å². The Hall–Kier alpha value is -2.08. The monoisotopic (exact) mass is 195 g/mol. The highest BCUT2D eigenvalue weighted by Crippen LogP contribution is 2.12. The molecule has 8 nitrogen and oxygen atoms in total. The first-order valence-corrected chi connectivity index (χ1v) is 3.89. The number of ether oxygens (including phenoxy) is 1. The molecule has 0 saturated carbocycles. The second kappa shape index (κ2) is 4.83. The third-order valence-electron chi connectivity index (χ3n) is 1.25. The Bertz CT molecular complexity index is 359. The predicted molar refractivity (Wildman–Crippen MR) is 49.3 cm³/mol. The molecule has 0 aromatic carbocycles. The van der Waals surface area contributed by atoms with Gasteiger partial charge in [-0.05, 0) is 17.6 Å². The van der Waals surface area contributed by atoms with Crippen LogP contribution in [0.2, 0.25) is 0 Å². The number of azide groups is 1. The van der Waals surface area contributed by atoms with Crippen LogP contribution in [0.3, 0.4) is 0 Å². The summed E-state index contributed by atoms with van der Waals surface area (Å²) in [5.41, 5.74) is 8.20. The number of nitrogens with zero attached hydrogens (tertiary/aromatic N) is 6. The van der Waals surface area contributed by atoms with E-state index in [4.69, 9.17) is 10.3 Å². The molecule has 0 unspecified atom stereocenters. The Morgan fingerprint density at radius 2 is 2.29 bits per heavy atom. The molecule has 74 valence electrons. The number of hydrogen-bond acceptors (Lipinski definition) is 6. The molecule has 1 aromatic rings. The lowest BCUT2D eigenvalue weighted by atomic mass is 10.7. The maximum atomic E-state index is 8.20. The lowest BCUT2D eigenvalue weighted by molar-refractivity contribution is 0.379. The first-order valence-electron chi connectivity index (χ1n) is 3.89. The van der Waals surface area contributed by atoms with Gasteiger partial charge in [-0.15, -0.1) is 0 Å². The van der Waals surface area contributed by atoms with Crippen LogP contribution >= 0.6 is 0 Å². The van der Waals surface area contributed by atoms with Crippen molar-refractivity contribution in [2.24, 2.45) is 5.11 Å². The molecule has 0 bridgehead atoms. The molecule has 0 aliphatic heterocycles. The van der Waals surface area contributed by atoms with Crippen LogP contribution in [0.5, 0.6) is 6.01 Å². The van der Waals surface area contributed by atoms with Crippen molar-refractivity contribution in [3.8, 4) is 6.01 Å². The summed E-state index contributed by atoms with van der Waals surface area (Å²) in [5, 5.41) is 6.11. The van der Waals surface area contributed by atoms with Gasteiger partial charge in [0.1, 0.15) is 0 Å². The van der Waals surface area contributed by atoms with Gasteiger partial charge in [0.25, 0.3) is 0 Å². The van der Waals surface area contributed by atoms with Gasteiger partial charge in [-0.1, -0.05) is 0 Å². The maximum Gasteiger partial charge on any atom is 0.321 e. The van der Waals surface area contributed by atoms with Crippen molar-refractivity contribution in [1.29, 1.82) is 0 Å². The van der Waals surface area contributed by atoms with Crippen LogP contribution in [0.25, 0.3) is 10.4 Å². The minimum atomic E-state index is -0.0182. The van der Waals surface area contributed by atoms with Crippen LogP contribution in [0.4, 0.5) is 11.9 Å². The molecule has 1 rings (SSSR count). The van der Waals surface area contributed by atoms with Crippen LogP contribution in [0.1, 0.15) is 6.92 Å². The Morgan fingerprint density at radius 1 is 1.50 bits per heavy atom. The van der Waals surface area contributed by atoms with Crippen LogP contribution < -0.4 is 10.1 Å². The Kier molecular flexibility index (Phi) is 3.45. The second-order valence-electron chi connectivity index (χ2n) is 2.17. The zero-order chi connectivity index (χ0) is 10.4. The number of rotatable bonds is 4. The summed E-state index contributed by atoms with van der Waals surface area (Å²) in [4.78, 5) is 14.0. The molecule has 0 amide bonds. The predicted octanol–water partition coefficient (Wildman–Crippen LogP) is 1.25. The van der Waals surface area contributed by atoms with Gasteiger partial charge in [-0.2, -0.15) is 15.0 Å². The van der Waals surface area contributed by atoms with Gasteiger partial charge < -0.3 is 10.1 Å². The first-order chi connectivity index (χ1) is 6.80.